The molecule has 0 radical (unpaired) electrons. The Labute approximate surface area is 87.6 Å². The highest BCUT2D eigenvalue weighted by Gasteiger charge is 2.03. The fourth-order valence-corrected chi connectivity index (χ4v) is 1.26. The van der Waals surface area contributed by atoms with E-state index in [1.165, 1.54) is 6.42 Å². The Morgan fingerprint density at radius 3 is 2.00 bits per heavy atom. The molecule has 0 aromatic heterocycles. The summed E-state index contributed by atoms with van der Waals surface area (Å²) in [6.07, 6.45) is 1.17. The quantitative estimate of drug-likeness (QED) is 0.515. The van der Waals surface area contributed by atoms with Crippen molar-refractivity contribution in [1.82, 2.24) is 10.2 Å². The van der Waals surface area contributed by atoms with Crippen molar-refractivity contribution < 1.29 is 9.47 Å². The van der Waals surface area contributed by atoms with Gasteiger partial charge in [-0.25, -0.2) is 0 Å². The molecule has 0 bridgehead atoms. The number of ether oxygens (including phenoxy) is 2. The normalized spacial score (nSPS) is 11.1. The third kappa shape index (κ3) is 8.44. The van der Waals surface area contributed by atoms with Crippen LogP contribution in [-0.4, -0.2) is 65.6 Å². The molecule has 0 spiro atoms. The van der Waals surface area contributed by atoms with Crippen LogP contribution in [0.25, 0.3) is 0 Å². The average molecular weight is 204 g/mol. The number of nitrogens with one attached hydrogen (secondary N) is 1. The van der Waals surface area contributed by atoms with E-state index in [1.807, 2.05) is 7.05 Å². The highest BCUT2D eigenvalue weighted by atomic mass is 16.5. The summed E-state index contributed by atoms with van der Waals surface area (Å²) in [4.78, 5) is 2.37. The summed E-state index contributed by atoms with van der Waals surface area (Å²) in [5.41, 5.74) is 0. The molecule has 0 rings (SSSR count). The molecular weight excluding hydrogens is 180 g/mol. The Bertz CT molecular complexity index is 104. The number of methoxy groups -OCH3 is 2. The van der Waals surface area contributed by atoms with Gasteiger partial charge in [-0.1, -0.05) is 0 Å². The molecule has 0 heterocycles. The number of nitrogens with zero attached hydrogens (tertiary/aromatic N) is 1. The molecule has 0 aliphatic rings. The number of rotatable bonds is 10. The maximum absolute atomic E-state index is 5.06. The van der Waals surface area contributed by atoms with Gasteiger partial charge in [0.15, 0.2) is 0 Å². The maximum Gasteiger partial charge on any atom is 0.0589 e. The van der Waals surface area contributed by atoms with Crippen molar-refractivity contribution in [3.8, 4) is 0 Å². The summed E-state index contributed by atoms with van der Waals surface area (Å²) in [7, 11) is 5.46. The van der Waals surface area contributed by atoms with Gasteiger partial charge < -0.3 is 14.8 Å². The van der Waals surface area contributed by atoms with Crippen LogP contribution >= 0.6 is 0 Å². The molecule has 0 saturated carbocycles. The van der Waals surface area contributed by atoms with Crippen LogP contribution < -0.4 is 5.32 Å². The summed E-state index contributed by atoms with van der Waals surface area (Å²) >= 11 is 0. The van der Waals surface area contributed by atoms with Crippen molar-refractivity contribution in [2.24, 2.45) is 0 Å². The highest BCUT2D eigenvalue weighted by molar-refractivity contribution is 4.57. The maximum atomic E-state index is 5.06. The van der Waals surface area contributed by atoms with E-state index < -0.39 is 0 Å². The fraction of sp³-hybridized carbons (Fsp3) is 1.00. The lowest BCUT2D eigenvalue weighted by molar-refractivity contribution is 0.113. The minimum absolute atomic E-state index is 0.795. The molecule has 0 saturated heterocycles. The van der Waals surface area contributed by atoms with Gasteiger partial charge in [0.25, 0.3) is 0 Å². The lowest BCUT2D eigenvalue weighted by Crippen LogP contribution is -2.32. The molecule has 0 aromatic rings. The van der Waals surface area contributed by atoms with Gasteiger partial charge in [-0.3, -0.25) is 4.90 Å². The molecule has 0 aromatic carbocycles. The predicted octanol–water partition coefficient (Wildman–Crippen LogP) is 0.191. The zero-order valence-corrected chi connectivity index (χ0v) is 9.71. The summed E-state index contributed by atoms with van der Waals surface area (Å²) in [5.74, 6) is 0. The minimum Gasteiger partial charge on any atom is -0.383 e. The van der Waals surface area contributed by atoms with Gasteiger partial charge in [0.2, 0.25) is 0 Å². The van der Waals surface area contributed by atoms with Crippen LogP contribution in [0.3, 0.4) is 0 Å². The molecule has 0 fully saturated rings. The monoisotopic (exact) mass is 204 g/mol. The van der Waals surface area contributed by atoms with Gasteiger partial charge in [0.05, 0.1) is 13.2 Å². The van der Waals surface area contributed by atoms with E-state index in [1.54, 1.807) is 14.2 Å². The summed E-state index contributed by atoms with van der Waals surface area (Å²) in [6, 6.07) is 0. The van der Waals surface area contributed by atoms with E-state index in [4.69, 9.17) is 9.47 Å². The largest absolute Gasteiger partial charge is 0.383 e. The Morgan fingerprint density at radius 1 is 1.00 bits per heavy atom. The van der Waals surface area contributed by atoms with Crippen molar-refractivity contribution in [3.05, 3.63) is 0 Å². The van der Waals surface area contributed by atoms with Crippen molar-refractivity contribution in [3.63, 3.8) is 0 Å². The molecule has 0 aliphatic carbocycles. The molecule has 0 aliphatic heterocycles. The van der Waals surface area contributed by atoms with E-state index in [0.717, 1.165) is 39.4 Å². The minimum atomic E-state index is 0.795. The van der Waals surface area contributed by atoms with Crippen molar-refractivity contribution in [2.75, 3.05) is 60.7 Å². The Balaban J connectivity index is 3.49. The molecule has 4 heteroatoms. The smallest absolute Gasteiger partial charge is 0.0589 e. The first-order valence-electron chi connectivity index (χ1n) is 5.20. The number of hydrogen-bond donors (Lipinski definition) is 1. The molecular formula is C10H24N2O2. The Kier molecular flexibility index (Phi) is 10.8. The highest BCUT2D eigenvalue weighted by Crippen LogP contribution is 1.91. The van der Waals surface area contributed by atoms with Crippen LogP contribution in [-0.2, 0) is 9.47 Å². The Hall–Kier alpha value is -0.160. The molecule has 14 heavy (non-hydrogen) atoms. The van der Waals surface area contributed by atoms with Crippen LogP contribution in [0.15, 0.2) is 0 Å². The lowest BCUT2D eigenvalue weighted by Gasteiger charge is -2.21. The zero-order valence-electron chi connectivity index (χ0n) is 9.71. The first kappa shape index (κ1) is 13.8. The van der Waals surface area contributed by atoms with Crippen LogP contribution in [0.5, 0.6) is 0 Å². The van der Waals surface area contributed by atoms with E-state index in [0.29, 0.717) is 0 Å². The van der Waals surface area contributed by atoms with E-state index in [9.17, 15) is 0 Å². The standard InChI is InChI=1S/C10H24N2O2/c1-11-5-4-6-12(7-9-13-2)8-10-14-3/h11H,4-10H2,1-3H3. The van der Waals surface area contributed by atoms with Crippen LogP contribution in [0, 0.1) is 0 Å². The molecule has 0 unspecified atom stereocenters. The van der Waals surface area contributed by atoms with Crippen molar-refractivity contribution in [1.29, 1.82) is 0 Å². The second-order valence-electron chi connectivity index (χ2n) is 3.28. The summed E-state index contributed by atoms with van der Waals surface area (Å²) in [5, 5.41) is 3.15. The van der Waals surface area contributed by atoms with Crippen molar-refractivity contribution >= 4 is 0 Å². The van der Waals surface area contributed by atoms with Gasteiger partial charge >= 0.3 is 0 Å². The average Bonchev–Trinajstić information content (AvgIpc) is 2.21. The lowest BCUT2D eigenvalue weighted by atomic mass is 10.3. The van der Waals surface area contributed by atoms with E-state index in [-0.39, 0.29) is 0 Å². The predicted molar refractivity (Wildman–Crippen MR) is 58.7 cm³/mol. The molecule has 1 N–H and O–H groups in total. The zero-order chi connectivity index (χ0) is 10.6. The van der Waals surface area contributed by atoms with Crippen LogP contribution in [0.2, 0.25) is 0 Å². The SMILES string of the molecule is CNCCCN(CCOC)CCOC. The first-order valence-corrected chi connectivity index (χ1v) is 5.20. The Morgan fingerprint density at radius 2 is 1.57 bits per heavy atom. The molecule has 4 nitrogen and oxygen atoms in total. The van der Waals surface area contributed by atoms with Crippen LogP contribution in [0.1, 0.15) is 6.42 Å². The van der Waals surface area contributed by atoms with E-state index >= 15 is 0 Å². The van der Waals surface area contributed by atoms with E-state index in [2.05, 4.69) is 10.2 Å². The first-order chi connectivity index (χ1) is 6.85. The van der Waals surface area contributed by atoms with Crippen LogP contribution in [0.4, 0.5) is 0 Å². The van der Waals surface area contributed by atoms with Gasteiger partial charge in [-0.05, 0) is 26.6 Å². The van der Waals surface area contributed by atoms with Gasteiger partial charge in [-0.15, -0.1) is 0 Å². The second kappa shape index (κ2) is 10.9. The fourth-order valence-electron chi connectivity index (χ4n) is 1.26. The molecule has 0 atom stereocenters. The van der Waals surface area contributed by atoms with Crippen molar-refractivity contribution in [2.45, 2.75) is 6.42 Å². The second-order valence-corrected chi connectivity index (χ2v) is 3.28. The summed E-state index contributed by atoms with van der Waals surface area (Å²) in [6.45, 7) is 5.74. The third-order valence-electron chi connectivity index (χ3n) is 2.12. The molecule has 0 amide bonds. The summed E-state index contributed by atoms with van der Waals surface area (Å²) < 4.78 is 10.1. The topological polar surface area (TPSA) is 33.7 Å². The van der Waals surface area contributed by atoms with Gasteiger partial charge in [-0.2, -0.15) is 0 Å². The molecule has 86 valence electrons. The third-order valence-corrected chi connectivity index (χ3v) is 2.12. The van der Waals surface area contributed by atoms with Gasteiger partial charge in [0.1, 0.15) is 0 Å². The van der Waals surface area contributed by atoms with Gasteiger partial charge in [0, 0.05) is 27.3 Å². The number of hydrogen-bond acceptors (Lipinski definition) is 4.